The van der Waals surface area contributed by atoms with Crippen LogP contribution in [0.25, 0.3) is 0 Å². The average Bonchev–Trinajstić information content (AvgIpc) is 2.82. The highest BCUT2D eigenvalue weighted by Gasteiger charge is 2.38. The first-order valence-corrected chi connectivity index (χ1v) is 10.4. The van der Waals surface area contributed by atoms with Crippen molar-refractivity contribution in [2.45, 2.75) is 12.5 Å². The largest absolute Gasteiger partial charge is 0.573 e. The summed E-state index contributed by atoms with van der Waals surface area (Å²) in [5, 5.41) is 4.55. The minimum atomic E-state index is -5.18. The van der Waals surface area contributed by atoms with E-state index in [1.165, 1.54) is 31.3 Å². The van der Waals surface area contributed by atoms with Gasteiger partial charge >= 0.3 is 12.5 Å². The molecule has 0 atom stereocenters. The molecular weight excluding hydrogens is 529 g/mol. The quantitative estimate of drug-likeness (QED) is 0.347. The molecule has 3 rings (SSSR count). The Bertz CT molecular complexity index is 1360. The van der Waals surface area contributed by atoms with Gasteiger partial charge in [0.15, 0.2) is 17.3 Å². The number of anilines is 1. The van der Waals surface area contributed by atoms with Crippen LogP contribution in [0.4, 0.5) is 36.4 Å². The van der Waals surface area contributed by atoms with Crippen molar-refractivity contribution >= 4 is 17.5 Å². The van der Waals surface area contributed by atoms with Crippen LogP contribution in [0.1, 0.15) is 26.3 Å². The molecule has 2 amide bonds. The lowest BCUT2D eigenvalue weighted by Crippen LogP contribution is -2.20. The molecule has 0 heterocycles. The summed E-state index contributed by atoms with van der Waals surface area (Å²) in [6.07, 6.45) is -10.2. The number of hydrogen-bond donors (Lipinski definition) is 2. The van der Waals surface area contributed by atoms with E-state index in [-0.39, 0.29) is 22.7 Å². The van der Waals surface area contributed by atoms with Gasteiger partial charge in [0.1, 0.15) is 17.1 Å². The second-order valence-corrected chi connectivity index (χ2v) is 7.37. The van der Waals surface area contributed by atoms with Gasteiger partial charge in [-0.25, -0.2) is 4.39 Å². The second kappa shape index (κ2) is 10.9. The van der Waals surface area contributed by atoms with Crippen LogP contribution >= 0.6 is 0 Å². The fourth-order valence-electron chi connectivity index (χ4n) is 3.20. The van der Waals surface area contributed by atoms with E-state index in [1.54, 1.807) is 0 Å². The van der Waals surface area contributed by atoms with Crippen LogP contribution in [0.2, 0.25) is 0 Å². The Hall–Kier alpha value is -4.49. The predicted octanol–water partition coefficient (Wildman–Crippen LogP) is 6.16. The first-order valence-electron chi connectivity index (χ1n) is 10.4. The standard InChI is InChI=1S/C24H17F7N2O5/c1-32-21(34)12-4-3-5-13(10-12)33-22(35)19-17(9-7-15(20(19)25)23(26,27)28)37-16-8-6-14(11-18(16)36-2)38-24(29,30)31/h3-11H,1-2H3,(H,32,34)(H,33,35). The number of alkyl halides is 6. The lowest BCUT2D eigenvalue weighted by atomic mass is 10.1. The lowest BCUT2D eigenvalue weighted by Gasteiger charge is -2.18. The van der Waals surface area contributed by atoms with Gasteiger partial charge in [0, 0.05) is 24.4 Å². The molecule has 14 heteroatoms. The molecule has 2 N–H and O–H groups in total. The van der Waals surface area contributed by atoms with E-state index in [1.807, 2.05) is 0 Å². The number of nitrogens with one attached hydrogen (secondary N) is 2. The molecule has 0 unspecified atom stereocenters. The monoisotopic (exact) mass is 546 g/mol. The maximum absolute atomic E-state index is 15.1. The molecule has 3 aromatic carbocycles. The molecular formula is C24H17F7N2O5. The van der Waals surface area contributed by atoms with Gasteiger partial charge in [-0.1, -0.05) is 6.07 Å². The van der Waals surface area contributed by atoms with Crippen LogP contribution in [0.15, 0.2) is 54.6 Å². The van der Waals surface area contributed by atoms with Crippen LogP contribution in [0.5, 0.6) is 23.0 Å². The third kappa shape index (κ3) is 6.63. The topological polar surface area (TPSA) is 85.9 Å². The number of hydrogen-bond acceptors (Lipinski definition) is 5. The Labute approximate surface area is 210 Å². The number of benzene rings is 3. The molecule has 0 fully saturated rings. The van der Waals surface area contributed by atoms with Crippen molar-refractivity contribution in [1.82, 2.24) is 5.32 Å². The number of ether oxygens (including phenoxy) is 3. The number of methoxy groups -OCH3 is 1. The van der Waals surface area contributed by atoms with Gasteiger partial charge in [-0.15, -0.1) is 13.2 Å². The van der Waals surface area contributed by atoms with Crippen molar-refractivity contribution < 1.29 is 54.5 Å². The number of carbonyl (C=O) groups excluding carboxylic acids is 2. The Morgan fingerprint density at radius 2 is 1.53 bits per heavy atom. The third-order valence-electron chi connectivity index (χ3n) is 4.83. The molecule has 0 aliphatic heterocycles. The molecule has 0 radical (unpaired) electrons. The van der Waals surface area contributed by atoms with Gasteiger partial charge < -0.3 is 24.8 Å². The van der Waals surface area contributed by atoms with Gasteiger partial charge in [0.05, 0.1) is 12.7 Å². The highest BCUT2D eigenvalue weighted by molar-refractivity contribution is 6.07. The van der Waals surface area contributed by atoms with E-state index in [4.69, 9.17) is 9.47 Å². The third-order valence-corrected chi connectivity index (χ3v) is 4.83. The van der Waals surface area contributed by atoms with Crippen LogP contribution in [0.3, 0.4) is 0 Å². The van der Waals surface area contributed by atoms with E-state index in [9.17, 15) is 35.9 Å². The van der Waals surface area contributed by atoms with E-state index in [0.717, 1.165) is 25.3 Å². The minimum Gasteiger partial charge on any atom is -0.493 e. The van der Waals surface area contributed by atoms with Crippen molar-refractivity contribution in [1.29, 1.82) is 0 Å². The number of carbonyl (C=O) groups is 2. The zero-order chi connectivity index (χ0) is 28.3. The summed E-state index contributed by atoms with van der Waals surface area (Å²) in [4.78, 5) is 24.8. The molecule has 0 spiro atoms. The molecule has 0 aliphatic rings. The molecule has 0 bridgehead atoms. The minimum absolute atomic E-state index is 0.0508. The molecule has 0 aromatic heterocycles. The molecule has 0 aliphatic carbocycles. The van der Waals surface area contributed by atoms with Gasteiger partial charge in [-0.3, -0.25) is 9.59 Å². The zero-order valence-corrected chi connectivity index (χ0v) is 19.4. The number of rotatable bonds is 7. The van der Waals surface area contributed by atoms with Crippen molar-refractivity contribution in [2.24, 2.45) is 0 Å². The van der Waals surface area contributed by atoms with Crippen molar-refractivity contribution in [3.63, 3.8) is 0 Å². The van der Waals surface area contributed by atoms with E-state index in [0.29, 0.717) is 12.1 Å². The molecule has 7 nitrogen and oxygen atoms in total. The highest BCUT2D eigenvalue weighted by Crippen LogP contribution is 2.40. The van der Waals surface area contributed by atoms with Crippen molar-refractivity contribution in [2.75, 3.05) is 19.5 Å². The van der Waals surface area contributed by atoms with Crippen LogP contribution in [-0.4, -0.2) is 32.3 Å². The highest BCUT2D eigenvalue weighted by atomic mass is 19.4. The van der Waals surface area contributed by atoms with Gasteiger partial charge in [0.25, 0.3) is 11.8 Å². The average molecular weight is 546 g/mol. The summed E-state index contributed by atoms with van der Waals surface area (Å²) >= 11 is 0. The predicted molar refractivity (Wildman–Crippen MR) is 119 cm³/mol. The van der Waals surface area contributed by atoms with Crippen LogP contribution < -0.4 is 24.8 Å². The van der Waals surface area contributed by atoms with Gasteiger partial charge in [-0.2, -0.15) is 13.2 Å². The Morgan fingerprint density at radius 1 is 0.842 bits per heavy atom. The molecule has 202 valence electrons. The normalized spacial score (nSPS) is 11.5. The summed E-state index contributed by atoms with van der Waals surface area (Å²) in [5.74, 6) is -6.00. The Morgan fingerprint density at radius 3 is 2.13 bits per heavy atom. The summed E-state index contributed by atoms with van der Waals surface area (Å²) in [6.45, 7) is 0. The van der Waals surface area contributed by atoms with Gasteiger partial charge in [0.2, 0.25) is 0 Å². The summed E-state index contributed by atoms with van der Waals surface area (Å²) in [7, 11) is 2.41. The lowest BCUT2D eigenvalue weighted by molar-refractivity contribution is -0.274. The first-order chi connectivity index (χ1) is 17.7. The van der Waals surface area contributed by atoms with Crippen molar-refractivity contribution in [3.05, 3.63) is 77.1 Å². The summed E-state index contributed by atoms with van der Waals surface area (Å²) in [5.41, 5.74) is -2.89. The van der Waals surface area contributed by atoms with E-state index < -0.39 is 52.8 Å². The number of halogens is 7. The Balaban J connectivity index is 2.04. The van der Waals surface area contributed by atoms with Crippen LogP contribution in [-0.2, 0) is 6.18 Å². The molecule has 0 saturated carbocycles. The maximum Gasteiger partial charge on any atom is 0.573 e. The van der Waals surface area contributed by atoms with E-state index in [2.05, 4.69) is 15.4 Å². The summed E-state index contributed by atoms with van der Waals surface area (Å²) < 4.78 is 107. The smallest absolute Gasteiger partial charge is 0.493 e. The fraction of sp³-hybridized carbons (Fsp3) is 0.167. The summed E-state index contributed by atoms with van der Waals surface area (Å²) in [6, 6.07) is 8.78. The first kappa shape index (κ1) is 28.1. The fourth-order valence-corrected chi connectivity index (χ4v) is 3.20. The SMILES string of the molecule is CNC(=O)c1cccc(NC(=O)c2c(Oc3ccc(OC(F)(F)F)cc3OC)ccc(C(F)(F)F)c2F)c1. The van der Waals surface area contributed by atoms with Crippen LogP contribution in [0, 0.1) is 5.82 Å². The van der Waals surface area contributed by atoms with Gasteiger partial charge in [-0.05, 0) is 42.5 Å². The van der Waals surface area contributed by atoms with Crippen molar-refractivity contribution in [3.8, 4) is 23.0 Å². The molecule has 0 saturated heterocycles. The Kier molecular flexibility index (Phi) is 8.03. The molecule has 3 aromatic rings. The number of amides is 2. The second-order valence-electron chi connectivity index (χ2n) is 7.37. The molecule has 38 heavy (non-hydrogen) atoms. The van der Waals surface area contributed by atoms with E-state index >= 15 is 4.39 Å². The maximum atomic E-state index is 15.1. The zero-order valence-electron chi connectivity index (χ0n) is 19.4.